The van der Waals surface area contributed by atoms with Crippen LogP contribution in [0, 0.1) is 5.41 Å². The van der Waals surface area contributed by atoms with E-state index in [1.807, 2.05) is 11.6 Å². The zero-order valence-electron chi connectivity index (χ0n) is 13.5. The Kier molecular flexibility index (Phi) is 3.92. The second-order valence-electron chi connectivity index (χ2n) is 7.50. The maximum Gasteiger partial charge on any atom is 0.260 e. The molecule has 6 heteroatoms. The summed E-state index contributed by atoms with van der Waals surface area (Å²) >= 11 is 1.71. The molecule has 1 aromatic heterocycles. The number of halogens is 1. The molecule has 1 aliphatic carbocycles. The number of aromatic nitrogens is 1. The molecule has 126 valence electrons. The first kappa shape index (κ1) is 15.5. The van der Waals surface area contributed by atoms with Gasteiger partial charge in [-0.25, -0.2) is 9.37 Å². The molecule has 4 rings (SSSR count). The number of nitrogens with zero attached hydrogens (tertiary/aromatic N) is 3. The van der Waals surface area contributed by atoms with Crippen LogP contribution < -0.4 is 0 Å². The number of thiazole rings is 1. The van der Waals surface area contributed by atoms with Gasteiger partial charge in [-0.05, 0) is 50.5 Å². The molecule has 3 heterocycles. The van der Waals surface area contributed by atoms with Crippen molar-refractivity contribution in [2.75, 3.05) is 26.2 Å². The van der Waals surface area contributed by atoms with Crippen molar-refractivity contribution in [3.05, 3.63) is 16.6 Å². The number of carbonyl (C=O) groups is 1. The van der Waals surface area contributed by atoms with Crippen molar-refractivity contribution >= 4 is 17.2 Å². The van der Waals surface area contributed by atoms with Crippen molar-refractivity contribution in [2.24, 2.45) is 5.41 Å². The average Bonchev–Trinajstić information content (AvgIpc) is 3.16. The van der Waals surface area contributed by atoms with Crippen molar-refractivity contribution in [3.8, 4) is 0 Å². The molecule has 2 aliphatic heterocycles. The number of rotatable bonds is 3. The van der Waals surface area contributed by atoms with Crippen molar-refractivity contribution in [1.82, 2.24) is 14.8 Å². The summed E-state index contributed by atoms with van der Waals surface area (Å²) in [6, 6.07) is 0. The van der Waals surface area contributed by atoms with Crippen LogP contribution in [0.15, 0.2) is 11.6 Å². The first-order valence-corrected chi connectivity index (χ1v) is 9.56. The summed E-state index contributed by atoms with van der Waals surface area (Å²) in [7, 11) is 0. The van der Waals surface area contributed by atoms with Gasteiger partial charge >= 0.3 is 0 Å². The molecule has 23 heavy (non-hydrogen) atoms. The second-order valence-corrected chi connectivity index (χ2v) is 8.48. The Labute approximate surface area is 140 Å². The Bertz CT molecular complexity index is 564. The van der Waals surface area contributed by atoms with E-state index in [1.165, 1.54) is 11.4 Å². The van der Waals surface area contributed by atoms with E-state index >= 15 is 0 Å². The minimum Gasteiger partial charge on any atom is -0.340 e. The van der Waals surface area contributed by atoms with Crippen molar-refractivity contribution in [1.29, 1.82) is 0 Å². The summed E-state index contributed by atoms with van der Waals surface area (Å²) in [6.45, 7) is 4.61. The molecule has 1 saturated carbocycles. The minimum absolute atomic E-state index is 0.240. The molecule has 0 N–H and O–H groups in total. The Morgan fingerprint density at radius 2 is 1.96 bits per heavy atom. The normalized spacial score (nSPS) is 26.4. The van der Waals surface area contributed by atoms with Crippen LogP contribution in [0.25, 0.3) is 0 Å². The monoisotopic (exact) mass is 337 g/mol. The van der Waals surface area contributed by atoms with Crippen LogP contribution >= 0.6 is 11.3 Å². The fourth-order valence-electron chi connectivity index (χ4n) is 4.26. The van der Waals surface area contributed by atoms with Gasteiger partial charge in [0.05, 0.1) is 6.54 Å². The van der Waals surface area contributed by atoms with E-state index in [0.717, 1.165) is 52.0 Å². The summed E-state index contributed by atoms with van der Waals surface area (Å²) in [5.41, 5.74) is -1.20. The lowest BCUT2D eigenvalue weighted by molar-refractivity contribution is -0.152. The summed E-state index contributed by atoms with van der Waals surface area (Å²) in [5, 5.41) is 3.21. The molecule has 0 radical (unpaired) electrons. The lowest BCUT2D eigenvalue weighted by Gasteiger charge is -2.43. The van der Waals surface area contributed by atoms with E-state index < -0.39 is 5.67 Å². The molecule has 0 atom stereocenters. The standard InChI is InChI=1S/C17H24FN3OS/c18-17(2-1-3-17)15(22)21-9-5-16(6-10-21)4-8-20(13-16)12-14-19-7-11-23-14/h7,11H,1-6,8-10,12-13H2. The molecule has 1 aromatic rings. The van der Waals surface area contributed by atoms with Gasteiger partial charge in [-0.1, -0.05) is 0 Å². The van der Waals surface area contributed by atoms with Gasteiger partial charge in [0.2, 0.25) is 0 Å². The largest absolute Gasteiger partial charge is 0.340 e. The molecule has 2 saturated heterocycles. The fourth-order valence-corrected chi connectivity index (χ4v) is 4.92. The number of amides is 1. The van der Waals surface area contributed by atoms with E-state index in [0.29, 0.717) is 18.3 Å². The zero-order chi connectivity index (χ0) is 15.9. The molecule has 0 aromatic carbocycles. The molecule has 3 fully saturated rings. The maximum absolute atomic E-state index is 14.3. The van der Waals surface area contributed by atoms with Gasteiger partial charge in [0.1, 0.15) is 5.01 Å². The molecular weight excluding hydrogens is 313 g/mol. The van der Waals surface area contributed by atoms with Gasteiger partial charge in [-0.2, -0.15) is 0 Å². The number of hydrogen-bond donors (Lipinski definition) is 0. The number of alkyl halides is 1. The predicted octanol–water partition coefficient (Wildman–Crippen LogP) is 2.85. The summed E-state index contributed by atoms with van der Waals surface area (Å²) in [5.74, 6) is -0.240. The van der Waals surface area contributed by atoms with Gasteiger partial charge in [0.15, 0.2) is 5.67 Å². The molecule has 1 amide bonds. The van der Waals surface area contributed by atoms with Gasteiger partial charge in [-0.15, -0.1) is 11.3 Å². The third-order valence-corrected chi connectivity index (χ3v) is 6.76. The highest BCUT2D eigenvalue weighted by Crippen LogP contribution is 2.43. The third kappa shape index (κ3) is 2.91. The van der Waals surface area contributed by atoms with E-state index in [9.17, 15) is 9.18 Å². The summed E-state index contributed by atoms with van der Waals surface area (Å²) < 4.78 is 14.3. The Hall–Kier alpha value is -1.01. The first-order valence-electron chi connectivity index (χ1n) is 8.68. The topological polar surface area (TPSA) is 36.4 Å². The quantitative estimate of drug-likeness (QED) is 0.851. The van der Waals surface area contributed by atoms with Crippen LogP contribution in [-0.2, 0) is 11.3 Å². The number of likely N-dealkylation sites (tertiary alicyclic amines) is 2. The SMILES string of the molecule is O=C(N1CCC2(CCN(Cc3nccs3)C2)CC1)C1(F)CCC1. The molecule has 0 bridgehead atoms. The van der Waals surface area contributed by atoms with Crippen LogP contribution in [-0.4, -0.2) is 52.5 Å². The Morgan fingerprint density at radius 1 is 1.22 bits per heavy atom. The highest BCUT2D eigenvalue weighted by atomic mass is 32.1. The number of hydrogen-bond acceptors (Lipinski definition) is 4. The average molecular weight is 337 g/mol. The summed E-state index contributed by atoms with van der Waals surface area (Å²) in [6.07, 6.45) is 6.80. The lowest BCUT2D eigenvalue weighted by Crippen LogP contribution is -2.54. The molecule has 0 unspecified atom stereocenters. The van der Waals surface area contributed by atoms with E-state index in [2.05, 4.69) is 9.88 Å². The van der Waals surface area contributed by atoms with E-state index in [-0.39, 0.29) is 5.91 Å². The molecule has 1 spiro atoms. The van der Waals surface area contributed by atoms with E-state index in [4.69, 9.17) is 0 Å². The first-order chi connectivity index (χ1) is 11.1. The van der Waals surface area contributed by atoms with Crippen molar-refractivity contribution in [3.63, 3.8) is 0 Å². The zero-order valence-corrected chi connectivity index (χ0v) is 14.3. The van der Waals surface area contributed by atoms with Crippen molar-refractivity contribution < 1.29 is 9.18 Å². The van der Waals surface area contributed by atoms with Gasteiger partial charge in [0.25, 0.3) is 5.91 Å². The Balaban J connectivity index is 1.32. The second kappa shape index (κ2) is 5.81. The van der Waals surface area contributed by atoms with Gasteiger partial charge < -0.3 is 4.90 Å². The van der Waals surface area contributed by atoms with Gasteiger partial charge in [-0.3, -0.25) is 9.69 Å². The summed E-state index contributed by atoms with van der Waals surface area (Å²) in [4.78, 5) is 21.0. The van der Waals surface area contributed by atoms with Crippen LogP contribution in [0.4, 0.5) is 4.39 Å². The Morgan fingerprint density at radius 3 is 2.57 bits per heavy atom. The molecular formula is C17H24FN3OS. The smallest absolute Gasteiger partial charge is 0.260 e. The lowest BCUT2D eigenvalue weighted by atomic mass is 9.76. The van der Waals surface area contributed by atoms with E-state index in [1.54, 1.807) is 16.2 Å². The molecule has 4 nitrogen and oxygen atoms in total. The van der Waals surface area contributed by atoms with Crippen LogP contribution in [0.1, 0.15) is 43.5 Å². The minimum atomic E-state index is -1.53. The van der Waals surface area contributed by atoms with Gasteiger partial charge in [0, 0.05) is 31.2 Å². The highest BCUT2D eigenvalue weighted by Gasteiger charge is 2.49. The van der Waals surface area contributed by atoms with Crippen molar-refractivity contribution in [2.45, 2.75) is 50.7 Å². The molecule has 3 aliphatic rings. The number of piperidine rings is 1. The number of carbonyl (C=O) groups excluding carboxylic acids is 1. The fraction of sp³-hybridized carbons (Fsp3) is 0.765. The van der Waals surface area contributed by atoms with Crippen LogP contribution in [0.2, 0.25) is 0 Å². The van der Waals surface area contributed by atoms with Crippen LogP contribution in [0.3, 0.4) is 0 Å². The van der Waals surface area contributed by atoms with Crippen LogP contribution in [0.5, 0.6) is 0 Å². The predicted molar refractivity (Wildman–Crippen MR) is 87.9 cm³/mol. The highest BCUT2D eigenvalue weighted by molar-refractivity contribution is 7.09. The third-order valence-electron chi connectivity index (χ3n) is 6.00. The maximum atomic E-state index is 14.3.